The highest BCUT2D eigenvalue weighted by Crippen LogP contribution is 2.21. The van der Waals surface area contributed by atoms with E-state index in [4.69, 9.17) is 4.42 Å². The first kappa shape index (κ1) is 20.1. The number of benzene rings is 1. The Morgan fingerprint density at radius 2 is 1.89 bits per heavy atom. The number of nitrogens with one attached hydrogen (secondary N) is 2. The predicted octanol–water partition coefficient (Wildman–Crippen LogP) is 3.82. The van der Waals surface area contributed by atoms with E-state index < -0.39 is 0 Å². The smallest absolute Gasteiger partial charge is 0.291 e. The quantitative estimate of drug-likeness (QED) is 0.795. The van der Waals surface area contributed by atoms with Crippen LogP contribution in [0.25, 0.3) is 0 Å². The molecule has 0 radical (unpaired) electrons. The lowest BCUT2D eigenvalue weighted by Crippen LogP contribution is -2.32. The minimum absolute atomic E-state index is 0.119. The fourth-order valence-electron chi connectivity index (χ4n) is 3.42. The van der Waals surface area contributed by atoms with Crippen LogP contribution in [-0.2, 0) is 6.54 Å². The molecule has 6 heteroatoms. The number of anilines is 1. The molecule has 1 aromatic heterocycles. The van der Waals surface area contributed by atoms with Gasteiger partial charge in [0.15, 0.2) is 5.76 Å². The first-order valence-electron chi connectivity index (χ1n) is 9.97. The summed E-state index contributed by atoms with van der Waals surface area (Å²) < 4.78 is 5.76. The molecule has 6 nitrogen and oxygen atoms in total. The maximum atomic E-state index is 12.5. The fraction of sp³-hybridized carbons (Fsp3) is 0.455. The molecule has 0 saturated carbocycles. The average Bonchev–Trinajstić information content (AvgIpc) is 3.14. The van der Waals surface area contributed by atoms with Gasteiger partial charge >= 0.3 is 0 Å². The lowest BCUT2D eigenvalue weighted by Gasteiger charge is -2.29. The van der Waals surface area contributed by atoms with Gasteiger partial charge in [-0.25, -0.2) is 0 Å². The topological polar surface area (TPSA) is 74.6 Å². The molecule has 0 atom stereocenters. The molecule has 1 aromatic carbocycles. The molecule has 1 aliphatic rings. The molecule has 3 rings (SSSR count). The van der Waals surface area contributed by atoms with Crippen LogP contribution in [0.5, 0.6) is 0 Å². The number of piperidine rings is 1. The van der Waals surface area contributed by atoms with E-state index in [9.17, 15) is 9.59 Å². The van der Waals surface area contributed by atoms with Crippen LogP contribution < -0.4 is 10.6 Å². The van der Waals surface area contributed by atoms with Crippen LogP contribution in [0.3, 0.4) is 0 Å². The minimum atomic E-state index is -0.285. The van der Waals surface area contributed by atoms with Crippen molar-refractivity contribution in [3.63, 3.8) is 0 Å². The third-order valence-corrected chi connectivity index (χ3v) is 5.22. The molecule has 0 spiro atoms. The van der Waals surface area contributed by atoms with Gasteiger partial charge in [-0.3, -0.25) is 14.5 Å². The van der Waals surface area contributed by atoms with E-state index in [1.54, 1.807) is 24.3 Å². The number of nitrogens with zero attached hydrogens (tertiary/aromatic N) is 1. The van der Waals surface area contributed by atoms with Gasteiger partial charge in [0, 0.05) is 17.8 Å². The SMILES string of the molecule is CCNC(=O)c1ccc(NC(=O)c2ccc(CN3CCC(C)CC3)o2)c(C)c1. The zero-order valence-electron chi connectivity index (χ0n) is 16.9. The number of likely N-dealkylation sites (tertiary alicyclic amines) is 1. The number of amides is 2. The van der Waals surface area contributed by atoms with Crippen LogP contribution >= 0.6 is 0 Å². The van der Waals surface area contributed by atoms with Gasteiger partial charge in [0.2, 0.25) is 0 Å². The summed E-state index contributed by atoms with van der Waals surface area (Å²) in [4.78, 5) is 26.8. The Morgan fingerprint density at radius 1 is 1.14 bits per heavy atom. The van der Waals surface area contributed by atoms with Crippen molar-refractivity contribution in [1.29, 1.82) is 0 Å². The second-order valence-corrected chi connectivity index (χ2v) is 7.57. The van der Waals surface area contributed by atoms with Gasteiger partial charge in [-0.05, 0) is 81.6 Å². The lowest BCUT2D eigenvalue weighted by atomic mass is 9.99. The Hall–Kier alpha value is -2.60. The van der Waals surface area contributed by atoms with E-state index in [0.717, 1.165) is 36.9 Å². The number of aryl methyl sites for hydroxylation is 1. The summed E-state index contributed by atoms with van der Waals surface area (Å²) in [6.45, 7) is 9.48. The van der Waals surface area contributed by atoms with Crippen LogP contribution in [0.4, 0.5) is 5.69 Å². The minimum Gasteiger partial charge on any atom is -0.455 e. The van der Waals surface area contributed by atoms with E-state index in [1.807, 2.05) is 19.9 Å². The molecule has 0 bridgehead atoms. The van der Waals surface area contributed by atoms with Crippen molar-refractivity contribution >= 4 is 17.5 Å². The fourth-order valence-corrected chi connectivity index (χ4v) is 3.42. The Balaban J connectivity index is 1.60. The second kappa shape index (κ2) is 9.06. The lowest BCUT2D eigenvalue weighted by molar-refractivity contribution is 0.0954. The molecule has 2 aromatic rings. The number of hydrogen-bond donors (Lipinski definition) is 2. The van der Waals surface area contributed by atoms with Gasteiger partial charge in [0.25, 0.3) is 11.8 Å². The summed E-state index contributed by atoms with van der Waals surface area (Å²) in [5.74, 6) is 1.49. The summed E-state index contributed by atoms with van der Waals surface area (Å²) in [6, 6.07) is 8.81. The Morgan fingerprint density at radius 3 is 2.57 bits per heavy atom. The number of carbonyl (C=O) groups is 2. The molecule has 0 aliphatic carbocycles. The van der Waals surface area contributed by atoms with E-state index >= 15 is 0 Å². The van der Waals surface area contributed by atoms with Crippen molar-refractivity contribution in [2.45, 2.75) is 40.2 Å². The third kappa shape index (κ3) is 5.01. The highest BCUT2D eigenvalue weighted by atomic mass is 16.4. The van der Waals surface area contributed by atoms with Crippen molar-refractivity contribution in [3.8, 4) is 0 Å². The van der Waals surface area contributed by atoms with Crippen molar-refractivity contribution in [3.05, 3.63) is 53.0 Å². The summed E-state index contributed by atoms with van der Waals surface area (Å²) in [6.07, 6.45) is 2.42. The maximum Gasteiger partial charge on any atom is 0.291 e. The molecule has 1 fully saturated rings. The summed E-state index contributed by atoms with van der Waals surface area (Å²) in [7, 11) is 0. The van der Waals surface area contributed by atoms with Gasteiger partial charge in [0.05, 0.1) is 6.54 Å². The second-order valence-electron chi connectivity index (χ2n) is 7.57. The van der Waals surface area contributed by atoms with Gasteiger partial charge in [0.1, 0.15) is 5.76 Å². The zero-order valence-corrected chi connectivity index (χ0v) is 16.9. The Kier molecular flexibility index (Phi) is 6.52. The van der Waals surface area contributed by atoms with E-state index in [-0.39, 0.29) is 11.8 Å². The first-order chi connectivity index (χ1) is 13.5. The molecule has 1 saturated heterocycles. The molecule has 0 unspecified atom stereocenters. The maximum absolute atomic E-state index is 12.5. The molecule has 2 heterocycles. The number of rotatable bonds is 6. The van der Waals surface area contributed by atoms with Crippen molar-refractivity contribution in [2.75, 3.05) is 25.0 Å². The van der Waals surface area contributed by atoms with E-state index in [2.05, 4.69) is 22.5 Å². The molecule has 2 N–H and O–H groups in total. The van der Waals surface area contributed by atoms with E-state index in [0.29, 0.717) is 23.6 Å². The Bertz CT molecular complexity index is 835. The van der Waals surface area contributed by atoms with Gasteiger partial charge in [-0.15, -0.1) is 0 Å². The van der Waals surface area contributed by atoms with Crippen LogP contribution in [0, 0.1) is 12.8 Å². The number of carbonyl (C=O) groups excluding carboxylic acids is 2. The van der Waals surface area contributed by atoms with Crippen LogP contribution in [0.1, 0.15) is 58.9 Å². The Labute approximate surface area is 166 Å². The van der Waals surface area contributed by atoms with Crippen molar-refractivity contribution in [2.24, 2.45) is 5.92 Å². The number of hydrogen-bond acceptors (Lipinski definition) is 4. The summed E-state index contributed by atoms with van der Waals surface area (Å²) in [5.41, 5.74) is 2.07. The van der Waals surface area contributed by atoms with Crippen LogP contribution in [-0.4, -0.2) is 36.3 Å². The van der Waals surface area contributed by atoms with E-state index in [1.165, 1.54) is 12.8 Å². The van der Waals surface area contributed by atoms with Crippen molar-refractivity contribution < 1.29 is 14.0 Å². The standard InChI is InChI=1S/C22H29N3O3/c1-4-23-21(26)17-5-7-19(16(3)13-17)24-22(27)20-8-6-18(28-20)14-25-11-9-15(2)10-12-25/h5-8,13,15H,4,9-12,14H2,1-3H3,(H,23,26)(H,24,27). The molecule has 1 aliphatic heterocycles. The van der Waals surface area contributed by atoms with Crippen LogP contribution in [0.15, 0.2) is 34.7 Å². The molecular weight excluding hydrogens is 354 g/mol. The third-order valence-electron chi connectivity index (χ3n) is 5.22. The monoisotopic (exact) mass is 383 g/mol. The van der Waals surface area contributed by atoms with Gasteiger partial charge in [-0.1, -0.05) is 6.92 Å². The average molecular weight is 383 g/mol. The molecule has 2 amide bonds. The number of furan rings is 1. The first-order valence-corrected chi connectivity index (χ1v) is 9.97. The van der Waals surface area contributed by atoms with Crippen molar-refractivity contribution in [1.82, 2.24) is 10.2 Å². The van der Waals surface area contributed by atoms with Crippen LogP contribution in [0.2, 0.25) is 0 Å². The highest BCUT2D eigenvalue weighted by molar-refractivity contribution is 6.03. The summed E-state index contributed by atoms with van der Waals surface area (Å²) in [5, 5.41) is 5.64. The van der Waals surface area contributed by atoms with Gasteiger partial charge in [-0.2, -0.15) is 0 Å². The normalized spacial score (nSPS) is 15.4. The predicted molar refractivity (Wildman–Crippen MR) is 110 cm³/mol. The molecular formula is C22H29N3O3. The largest absolute Gasteiger partial charge is 0.455 e. The molecule has 150 valence electrons. The zero-order chi connectivity index (χ0) is 20.1. The van der Waals surface area contributed by atoms with Gasteiger partial charge < -0.3 is 15.1 Å². The highest BCUT2D eigenvalue weighted by Gasteiger charge is 2.18. The molecule has 28 heavy (non-hydrogen) atoms. The summed E-state index contributed by atoms with van der Waals surface area (Å²) >= 11 is 0.